The van der Waals surface area contributed by atoms with Crippen molar-refractivity contribution in [3.05, 3.63) is 28.2 Å². The van der Waals surface area contributed by atoms with Gasteiger partial charge < -0.3 is 10.3 Å². The fourth-order valence-electron chi connectivity index (χ4n) is 1.09. The third-order valence-electron chi connectivity index (χ3n) is 1.99. The Bertz CT molecular complexity index is 412. The lowest BCUT2D eigenvalue weighted by Gasteiger charge is -2.06. The Morgan fingerprint density at radius 3 is 2.79 bits per heavy atom. The molecule has 0 aromatic carbocycles. The van der Waals surface area contributed by atoms with Crippen molar-refractivity contribution in [2.45, 2.75) is 13.5 Å². The van der Waals surface area contributed by atoms with E-state index in [9.17, 15) is 9.00 Å². The minimum Gasteiger partial charge on any atom is -0.397 e. The maximum absolute atomic E-state index is 11.4. The average molecular weight is 214 g/mol. The van der Waals surface area contributed by atoms with Crippen LogP contribution in [0.4, 0.5) is 5.69 Å². The van der Waals surface area contributed by atoms with E-state index in [0.29, 0.717) is 18.0 Å². The molecule has 1 heterocycles. The Morgan fingerprint density at radius 2 is 2.21 bits per heavy atom. The molecule has 0 aliphatic carbocycles. The fourth-order valence-corrected chi connectivity index (χ4v) is 1.54. The Balaban J connectivity index is 2.93. The van der Waals surface area contributed by atoms with Crippen molar-refractivity contribution in [1.82, 2.24) is 4.57 Å². The Hall–Kier alpha value is -1.10. The molecule has 5 heteroatoms. The number of hydrogen-bond donors (Lipinski definition) is 1. The molecule has 0 aliphatic rings. The van der Waals surface area contributed by atoms with Crippen molar-refractivity contribution in [3.8, 4) is 0 Å². The van der Waals surface area contributed by atoms with Crippen LogP contribution >= 0.6 is 0 Å². The minimum atomic E-state index is -0.887. The fraction of sp³-hybridized carbons (Fsp3) is 0.444. The van der Waals surface area contributed by atoms with Crippen molar-refractivity contribution in [2.24, 2.45) is 0 Å². The zero-order chi connectivity index (χ0) is 10.7. The summed E-state index contributed by atoms with van der Waals surface area (Å²) in [7, 11) is -0.887. The van der Waals surface area contributed by atoms with Crippen LogP contribution in [0.5, 0.6) is 0 Å². The van der Waals surface area contributed by atoms with Crippen molar-refractivity contribution in [2.75, 3.05) is 17.7 Å². The van der Waals surface area contributed by atoms with E-state index in [0.717, 1.165) is 5.56 Å². The molecular weight excluding hydrogens is 200 g/mol. The molecule has 0 amide bonds. The van der Waals surface area contributed by atoms with E-state index in [-0.39, 0.29) is 5.56 Å². The number of nitrogens with two attached hydrogens (primary N) is 1. The molecule has 0 fully saturated rings. The largest absolute Gasteiger partial charge is 0.397 e. The third-order valence-corrected chi connectivity index (χ3v) is 2.75. The first-order chi connectivity index (χ1) is 6.50. The molecule has 0 bridgehead atoms. The third kappa shape index (κ3) is 2.70. The van der Waals surface area contributed by atoms with E-state index in [1.165, 1.54) is 10.6 Å². The first-order valence-corrected chi connectivity index (χ1v) is 6.00. The number of hydrogen-bond acceptors (Lipinski definition) is 3. The molecule has 1 aromatic heterocycles. The first-order valence-electron chi connectivity index (χ1n) is 4.27. The molecular formula is C9H14N2O2S. The molecule has 14 heavy (non-hydrogen) atoms. The van der Waals surface area contributed by atoms with Gasteiger partial charge in [0.2, 0.25) is 0 Å². The van der Waals surface area contributed by atoms with E-state index >= 15 is 0 Å². The predicted octanol–water partition coefficient (Wildman–Crippen LogP) is 0.117. The Morgan fingerprint density at radius 1 is 1.57 bits per heavy atom. The summed E-state index contributed by atoms with van der Waals surface area (Å²) in [5.74, 6) is 0.475. The summed E-state index contributed by atoms with van der Waals surface area (Å²) < 4.78 is 12.3. The molecule has 0 aliphatic heterocycles. The maximum Gasteiger partial charge on any atom is 0.250 e. The van der Waals surface area contributed by atoms with Crippen LogP contribution in [0.25, 0.3) is 0 Å². The van der Waals surface area contributed by atoms with Crippen LogP contribution in [0, 0.1) is 6.92 Å². The Labute approximate surface area is 85.2 Å². The monoisotopic (exact) mass is 214 g/mol. The number of aromatic nitrogens is 1. The zero-order valence-corrected chi connectivity index (χ0v) is 9.13. The van der Waals surface area contributed by atoms with Gasteiger partial charge in [-0.05, 0) is 12.5 Å². The zero-order valence-electron chi connectivity index (χ0n) is 8.32. The second-order valence-corrected chi connectivity index (χ2v) is 4.78. The normalized spacial score (nSPS) is 12.7. The standard InChI is InChI=1S/C9H14N2O2S/c1-7-5-9(12)11(6-8(7)10)3-4-14(2)13/h5-6H,3-4,10H2,1-2H3. The maximum atomic E-state index is 11.4. The van der Waals surface area contributed by atoms with Crippen molar-refractivity contribution < 1.29 is 4.21 Å². The van der Waals surface area contributed by atoms with Crippen molar-refractivity contribution in [1.29, 1.82) is 0 Å². The van der Waals surface area contributed by atoms with Gasteiger partial charge in [0, 0.05) is 41.6 Å². The summed E-state index contributed by atoms with van der Waals surface area (Å²) >= 11 is 0. The van der Waals surface area contributed by atoms with Crippen LogP contribution in [0.15, 0.2) is 17.1 Å². The van der Waals surface area contributed by atoms with E-state index in [1.807, 2.05) is 0 Å². The molecule has 1 atom stereocenters. The van der Waals surface area contributed by atoms with Crippen LogP contribution in [0.3, 0.4) is 0 Å². The highest BCUT2D eigenvalue weighted by molar-refractivity contribution is 7.84. The van der Waals surface area contributed by atoms with Gasteiger partial charge in [0.15, 0.2) is 0 Å². The van der Waals surface area contributed by atoms with Gasteiger partial charge in [0.1, 0.15) is 0 Å². The highest BCUT2D eigenvalue weighted by atomic mass is 32.2. The number of nitrogen functional groups attached to an aromatic ring is 1. The van der Waals surface area contributed by atoms with Crippen LogP contribution in [0.2, 0.25) is 0 Å². The second kappa shape index (κ2) is 4.41. The smallest absolute Gasteiger partial charge is 0.250 e. The van der Waals surface area contributed by atoms with E-state index in [1.54, 1.807) is 19.4 Å². The van der Waals surface area contributed by atoms with Crippen molar-refractivity contribution >= 4 is 16.5 Å². The summed E-state index contributed by atoms with van der Waals surface area (Å²) in [5.41, 5.74) is 6.94. The van der Waals surface area contributed by atoms with Gasteiger partial charge in [-0.3, -0.25) is 9.00 Å². The minimum absolute atomic E-state index is 0.0952. The number of anilines is 1. The number of rotatable bonds is 3. The van der Waals surface area contributed by atoms with Crippen LogP contribution in [-0.4, -0.2) is 20.8 Å². The lowest BCUT2D eigenvalue weighted by molar-refractivity contribution is 0.673. The summed E-state index contributed by atoms with van der Waals surface area (Å²) in [6, 6.07) is 1.49. The molecule has 1 unspecified atom stereocenters. The molecule has 0 spiro atoms. The highest BCUT2D eigenvalue weighted by Crippen LogP contribution is 2.04. The SMILES string of the molecule is Cc1cc(=O)n(CCS(C)=O)cc1N. The first kappa shape index (κ1) is 11.0. The van der Waals surface area contributed by atoms with Gasteiger partial charge in [-0.1, -0.05) is 0 Å². The predicted molar refractivity (Wildman–Crippen MR) is 58.8 cm³/mol. The summed E-state index contributed by atoms with van der Waals surface area (Å²) in [5, 5.41) is 0. The highest BCUT2D eigenvalue weighted by Gasteiger charge is 2.01. The molecule has 1 rings (SSSR count). The summed E-state index contributed by atoms with van der Waals surface area (Å²) in [6.07, 6.45) is 3.22. The molecule has 1 aromatic rings. The molecule has 0 saturated carbocycles. The summed E-state index contributed by atoms with van der Waals surface area (Å²) in [6.45, 7) is 2.24. The second-order valence-electron chi connectivity index (χ2n) is 3.22. The number of nitrogens with zero attached hydrogens (tertiary/aromatic N) is 1. The number of aryl methyl sites for hydroxylation is 2. The topological polar surface area (TPSA) is 65.1 Å². The molecule has 0 saturated heterocycles. The molecule has 2 N–H and O–H groups in total. The van der Waals surface area contributed by atoms with Crippen LogP contribution in [-0.2, 0) is 17.3 Å². The average Bonchev–Trinajstić information content (AvgIpc) is 2.09. The van der Waals surface area contributed by atoms with Gasteiger partial charge in [0.25, 0.3) is 5.56 Å². The molecule has 0 radical (unpaired) electrons. The lowest BCUT2D eigenvalue weighted by Crippen LogP contribution is -2.22. The van der Waals surface area contributed by atoms with Crippen molar-refractivity contribution in [3.63, 3.8) is 0 Å². The summed E-state index contributed by atoms with van der Waals surface area (Å²) in [4.78, 5) is 11.4. The van der Waals surface area contributed by atoms with E-state index in [2.05, 4.69) is 0 Å². The lowest BCUT2D eigenvalue weighted by atomic mass is 10.2. The molecule has 4 nitrogen and oxygen atoms in total. The number of pyridine rings is 1. The van der Waals surface area contributed by atoms with E-state index < -0.39 is 10.8 Å². The quantitative estimate of drug-likeness (QED) is 0.777. The van der Waals surface area contributed by atoms with Gasteiger partial charge in [-0.2, -0.15) is 0 Å². The van der Waals surface area contributed by atoms with Gasteiger partial charge in [0.05, 0.1) is 5.69 Å². The van der Waals surface area contributed by atoms with Gasteiger partial charge in [-0.25, -0.2) is 0 Å². The van der Waals surface area contributed by atoms with Crippen LogP contribution in [0.1, 0.15) is 5.56 Å². The van der Waals surface area contributed by atoms with Crippen LogP contribution < -0.4 is 11.3 Å². The van der Waals surface area contributed by atoms with E-state index in [4.69, 9.17) is 5.73 Å². The molecule has 78 valence electrons. The van der Waals surface area contributed by atoms with Gasteiger partial charge in [-0.15, -0.1) is 0 Å². The van der Waals surface area contributed by atoms with Gasteiger partial charge >= 0.3 is 0 Å². The Kier molecular flexibility index (Phi) is 3.46.